The number of benzene rings is 2. The molecule has 0 amide bonds. The van der Waals surface area contributed by atoms with Gasteiger partial charge in [-0.2, -0.15) is 0 Å². The maximum Gasteiger partial charge on any atom is 0.241 e. The molecule has 0 heterocycles. The van der Waals surface area contributed by atoms with Crippen LogP contribution in [0, 0.1) is 5.92 Å². The highest BCUT2D eigenvalue weighted by Crippen LogP contribution is 2.37. The van der Waals surface area contributed by atoms with Gasteiger partial charge in [0.25, 0.3) is 0 Å². The molecule has 0 aliphatic rings. The molecule has 0 aliphatic carbocycles. The molecule has 0 bridgehead atoms. The van der Waals surface area contributed by atoms with Crippen molar-refractivity contribution in [2.75, 3.05) is 11.9 Å². The number of primary sulfonamides is 1. The number of nitrogens with one attached hydrogen (secondary N) is 1. The monoisotopic (exact) mass is 426 g/mol. The van der Waals surface area contributed by atoms with Crippen molar-refractivity contribution in [1.82, 2.24) is 0 Å². The summed E-state index contributed by atoms with van der Waals surface area (Å²) in [5.41, 5.74) is 1.42. The zero-order chi connectivity index (χ0) is 18.4. The Morgan fingerprint density at radius 3 is 2.44 bits per heavy atom. The Bertz CT molecular complexity index is 809. The van der Waals surface area contributed by atoms with Crippen molar-refractivity contribution in [1.29, 1.82) is 0 Å². The second-order valence-electron chi connectivity index (χ2n) is 6.17. The summed E-state index contributed by atoms with van der Waals surface area (Å²) in [5, 5.41) is 9.23. The number of hydrogen-bond acceptors (Lipinski definition) is 4. The summed E-state index contributed by atoms with van der Waals surface area (Å²) in [7, 11) is -3.94. The largest absolute Gasteiger partial charge is 0.454 e. The fourth-order valence-electron chi connectivity index (χ4n) is 2.29. The SMILES string of the molecule is CC(C)CCNc1cc(CBr)cc(S(N)(=O)=O)c1Oc1ccccc1. The minimum absolute atomic E-state index is 0.0275. The lowest BCUT2D eigenvalue weighted by atomic mass is 10.1. The zero-order valence-electron chi connectivity index (χ0n) is 14.3. The highest BCUT2D eigenvalue weighted by Gasteiger charge is 2.21. The summed E-state index contributed by atoms with van der Waals surface area (Å²) in [5.74, 6) is 1.30. The van der Waals surface area contributed by atoms with Crippen LogP contribution in [0.4, 0.5) is 5.69 Å². The van der Waals surface area contributed by atoms with Gasteiger partial charge in [0.2, 0.25) is 10.0 Å². The Hall–Kier alpha value is -1.57. The average Bonchev–Trinajstić information content (AvgIpc) is 2.55. The van der Waals surface area contributed by atoms with Gasteiger partial charge in [-0.25, -0.2) is 13.6 Å². The number of hydrogen-bond donors (Lipinski definition) is 2. The van der Waals surface area contributed by atoms with Gasteiger partial charge in [-0.05, 0) is 42.2 Å². The number of anilines is 1. The third-order valence-electron chi connectivity index (χ3n) is 3.58. The van der Waals surface area contributed by atoms with Crippen LogP contribution in [0.3, 0.4) is 0 Å². The van der Waals surface area contributed by atoms with E-state index in [4.69, 9.17) is 9.88 Å². The quantitative estimate of drug-likeness (QED) is 0.609. The molecular weight excluding hydrogens is 404 g/mol. The smallest absolute Gasteiger partial charge is 0.241 e. The molecule has 0 fully saturated rings. The molecule has 0 aromatic heterocycles. The lowest BCUT2D eigenvalue weighted by Crippen LogP contribution is -2.15. The first-order valence-electron chi connectivity index (χ1n) is 8.03. The molecule has 3 N–H and O–H groups in total. The molecule has 25 heavy (non-hydrogen) atoms. The van der Waals surface area contributed by atoms with Gasteiger partial charge in [0.1, 0.15) is 10.6 Å². The Kier molecular flexibility index (Phi) is 6.87. The fourth-order valence-corrected chi connectivity index (χ4v) is 3.34. The molecule has 2 aromatic carbocycles. The highest BCUT2D eigenvalue weighted by molar-refractivity contribution is 9.08. The van der Waals surface area contributed by atoms with E-state index in [2.05, 4.69) is 35.1 Å². The van der Waals surface area contributed by atoms with Crippen molar-refractivity contribution in [2.24, 2.45) is 11.1 Å². The number of para-hydroxylation sites is 1. The third-order valence-corrected chi connectivity index (χ3v) is 5.14. The lowest BCUT2D eigenvalue weighted by Gasteiger charge is -2.18. The van der Waals surface area contributed by atoms with E-state index < -0.39 is 10.0 Å². The van der Waals surface area contributed by atoms with Crippen molar-refractivity contribution in [2.45, 2.75) is 30.5 Å². The zero-order valence-corrected chi connectivity index (χ0v) is 16.7. The van der Waals surface area contributed by atoms with E-state index in [-0.39, 0.29) is 10.6 Å². The molecule has 0 atom stereocenters. The number of alkyl halides is 1. The molecule has 0 unspecified atom stereocenters. The number of ether oxygens (including phenoxy) is 1. The Morgan fingerprint density at radius 1 is 1.20 bits per heavy atom. The molecular formula is C18H23BrN2O3S. The standard InChI is InChI=1S/C18H23BrN2O3S/c1-13(2)8-9-21-16-10-14(12-19)11-17(25(20,22)23)18(16)24-15-6-4-3-5-7-15/h3-7,10-11,13,21H,8-9,12H2,1-2H3,(H2,20,22,23). The molecule has 2 aromatic rings. The van der Waals surface area contributed by atoms with Gasteiger partial charge in [0, 0.05) is 11.9 Å². The molecule has 136 valence electrons. The molecule has 0 saturated heterocycles. The molecule has 7 heteroatoms. The van der Waals surface area contributed by atoms with Crippen molar-refractivity contribution < 1.29 is 13.2 Å². The molecule has 2 rings (SSSR count). The summed E-state index contributed by atoms with van der Waals surface area (Å²) in [6.45, 7) is 4.97. The van der Waals surface area contributed by atoms with Crippen LogP contribution in [0.2, 0.25) is 0 Å². The first-order valence-corrected chi connectivity index (χ1v) is 10.7. The number of halogens is 1. The maximum absolute atomic E-state index is 12.1. The fraction of sp³-hybridized carbons (Fsp3) is 0.333. The van der Waals surface area contributed by atoms with E-state index in [1.54, 1.807) is 12.1 Å². The van der Waals surface area contributed by atoms with Crippen LogP contribution in [0.15, 0.2) is 47.4 Å². The van der Waals surface area contributed by atoms with Gasteiger partial charge in [0.05, 0.1) is 5.69 Å². The number of nitrogens with two attached hydrogens (primary N) is 1. The van der Waals surface area contributed by atoms with E-state index in [0.29, 0.717) is 29.2 Å². The summed E-state index contributed by atoms with van der Waals surface area (Å²) < 4.78 is 30.1. The van der Waals surface area contributed by atoms with E-state index in [1.807, 2.05) is 24.3 Å². The van der Waals surface area contributed by atoms with Crippen molar-refractivity contribution in [3.05, 3.63) is 48.0 Å². The van der Waals surface area contributed by atoms with Crippen molar-refractivity contribution in [3.63, 3.8) is 0 Å². The van der Waals surface area contributed by atoms with Gasteiger partial charge in [0.15, 0.2) is 5.75 Å². The van der Waals surface area contributed by atoms with E-state index in [9.17, 15) is 8.42 Å². The van der Waals surface area contributed by atoms with Gasteiger partial charge < -0.3 is 10.1 Å². The number of rotatable bonds is 8. The molecule has 0 aliphatic heterocycles. The summed E-state index contributed by atoms with van der Waals surface area (Å²) in [6, 6.07) is 12.5. The average molecular weight is 427 g/mol. The molecule has 0 saturated carbocycles. The Balaban J connectivity index is 2.49. The van der Waals surface area contributed by atoms with Gasteiger partial charge in [-0.1, -0.05) is 48.0 Å². The van der Waals surface area contributed by atoms with Gasteiger partial charge >= 0.3 is 0 Å². The second kappa shape index (κ2) is 8.69. The van der Waals surface area contributed by atoms with E-state index >= 15 is 0 Å². The third kappa shape index (κ3) is 5.73. The Morgan fingerprint density at radius 2 is 1.88 bits per heavy atom. The molecule has 0 spiro atoms. The lowest BCUT2D eigenvalue weighted by molar-refractivity contribution is 0.468. The van der Waals surface area contributed by atoms with E-state index in [1.165, 1.54) is 6.07 Å². The second-order valence-corrected chi connectivity index (χ2v) is 8.26. The van der Waals surface area contributed by atoms with Crippen LogP contribution < -0.4 is 15.2 Å². The topological polar surface area (TPSA) is 81.4 Å². The molecule has 5 nitrogen and oxygen atoms in total. The predicted octanol–water partition coefficient (Wildman–Crippen LogP) is 4.48. The first-order chi connectivity index (χ1) is 11.8. The number of sulfonamides is 1. The summed E-state index contributed by atoms with van der Waals surface area (Å²) in [6.07, 6.45) is 0.952. The van der Waals surface area contributed by atoms with E-state index in [0.717, 1.165) is 12.0 Å². The molecule has 0 radical (unpaired) electrons. The summed E-state index contributed by atoms with van der Waals surface area (Å²) in [4.78, 5) is -0.0275. The van der Waals surface area contributed by atoms with Crippen molar-refractivity contribution in [3.8, 4) is 11.5 Å². The normalized spacial score (nSPS) is 11.6. The van der Waals surface area contributed by atoms with Crippen LogP contribution in [0.5, 0.6) is 11.5 Å². The Labute approximate surface area is 157 Å². The minimum atomic E-state index is -3.94. The van der Waals surface area contributed by atoms with Gasteiger partial charge in [-0.15, -0.1) is 0 Å². The van der Waals surface area contributed by atoms with Crippen LogP contribution in [-0.2, 0) is 15.4 Å². The van der Waals surface area contributed by atoms with Crippen LogP contribution in [0.25, 0.3) is 0 Å². The highest BCUT2D eigenvalue weighted by atomic mass is 79.9. The van der Waals surface area contributed by atoms with Crippen molar-refractivity contribution >= 4 is 31.6 Å². The van der Waals surface area contributed by atoms with Crippen LogP contribution in [0.1, 0.15) is 25.8 Å². The van der Waals surface area contributed by atoms with Gasteiger partial charge in [-0.3, -0.25) is 0 Å². The minimum Gasteiger partial charge on any atom is -0.454 e. The first kappa shape index (κ1) is 19.8. The summed E-state index contributed by atoms with van der Waals surface area (Å²) >= 11 is 3.37. The van der Waals surface area contributed by atoms with Crippen LogP contribution >= 0.6 is 15.9 Å². The maximum atomic E-state index is 12.1. The predicted molar refractivity (Wildman–Crippen MR) is 105 cm³/mol. The van der Waals surface area contributed by atoms with Crippen LogP contribution in [-0.4, -0.2) is 15.0 Å².